The molecule has 39 heavy (non-hydrogen) atoms. The highest BCUT2D eigenvalue weighted by molar-refractivity contribution is 5.81. The van der Waals surface area contributed by atoms with Crippen molar-refractivity contribution in [2.75, 3.05) is 37.8 Å². The van der Waals surface area contributed by atoms with Crippen molar-refractivity contribution in [1.29, 1.82) is 0 Å². The molecule has 216 valence electrons. The van der Waals surface area contributed by atoms with Gasteiger partial charge in [0.15, 0.2) is 0 Å². The average Bonchev–Trinajstić information content (AvgIpc) is 3.25. The van der Waals surface area contributed by atoms with Crippen molar-refractivity contribution < 1.29 is 22.4 Å². The quantitative estimate of drug-likeness (QED) is 0.278. The summed E-state index contributed by atoms with van der Waals surface area (Å²) in [6.45, 7) is 9.47. The number of ketones is 1. The molecule has 2 aromatic rings. The predicted octanol–water partition coefficient (Wildman–Crippen LogP) is 6.95. The fourth-order valence-corrected chi connectivity index (χ4v) is 5.49. The van der Waals surface area contributed by atoms with E-state index >= 15 is 0 Å². The largest absolute Gasteiger partial charge is 0.419 e. The van der Waals surface area contributed by atoms with Gasteiger partial charge in [-0.3, -0.25) is 4.79 Å². The van der Waals surface area contributed by atoms with Crippen molar-refractivity contribution in [3.63, 3.8) is 0 Å². The first-order chi connectivity index (χ1) is 18.1. The van der Waals surface area contributed by atoms with Crippen molar-refractivity contribution in [2.24, 2.45) is 23.2 Å². The number of Topliss-reactive ketones (excluding diaryl/α,β-unsaturated/α-hetero) is 1. The van der Waals surface area contributed by atoms with Crippen molar-refractivity contribution in [1.82, 2.24) is 14.9 Å². The highest BCUT2D eigenvalue weighted by Gasteiger charge is 2.38. The van der Waals surface area contributed by atoms with Gasteiger partial charge in [-0.15, -0.1) is 0 Å². The Hall–Kier alpha value is -2.75. The number of rotatable bonds is 12. The Morgan fingerprint density at radius 3 is 2.51 bits per heavy atom. The molecule has 2 N–H and O–H groups in total. The van der Waals surface area contributed by atoms with E-state index in [-0.39, 0.29) is 47.0 Å². The monoisotopic (exact) mass is 551 g/mol. The van der Waals surface area contributed by atoms with E-state index < -0.39 is 17.6 Å². The van der Waals surface area contributed by atoms with Crippen LogP contribution in [-0.4, -0.2) is 47.8 Å². The van der Waals surface area contributed by atoms with Gasteiger partial charge in [-0.05, 0) is 68.8 Å². The molecule has 1 aliphatic carbocycles. The summed E-state index contributed by atoms with van der Waals surface area (Å²) in [4.78, 5) is 22.9. The zero-order chi connectivity index (χ0) is 29.0. The third-order valence-electron chi connectivity index (χ3n) is 7.04. The van der Waals surface area contributed by atoms with E-state index in [0.717, 1.165) is 19.2 Å². The first kappa shape index (κ1) is 30.8. The molecule has 1 saturated carbocycles. The Labute approximate surface area is 229 Å². The summed E-state index contributed by atoms with van der Waals surface area (Å²) in [5.41, 5.74) is -0.478. The molecule has 0 saturated heterocycles. The second-order valence-electron chi connectivity index (χ2n) is 12.2. The number of alkyl halides is 3. The number of nitrogens with zero attached hydrogens (tertiary/aromatic N) is 3. The maximum atomic E-state index is 14.8. The van der Waals surface area contributed by atoms with Crippen molar-refractivity contribution in [3.05, 3.63) is 41.5 Å². The van der Waals surface area contributed by atoms with Crippen LogP contribution in [0, 0.1) is 29.0 Å². The number of halogens is 4. The van der Waals surface area contributed by atoms with Crippen molar-refractivity contribution in [3.8, 4) is 0 Å². The Kier molecular flexibility index (Phi) is 9.96. The maximum absolute atomic E-state index is 14.8. The minimum atomic E-state index is -4.62. The van der Waals surface area contributed by atoms with E-state index in [1.54, 1.807) is 12.1 Å². The van der Waals surface area contributed by atoms with Crippen LogP contribution >= 0.6 is 0 Å². The van der Waals surface area contributed by atoms with Gasteiger partial charge in [0.2, 0.25) is 5.95 Å². The third-order valence-corrected chi connectivity index (χ3v) is 7.04. The predicted molar refractivity (Wildman–Crippen MR) is 147 cm³/mol. The zero-order valence-corrected chi connectivity index (χ0v) is 23.8. The minimum absolute atomic E-state index is 0.0422. The molecule has 0 unspecified atom stereocenters. The standard InChI is InChI=1S/C29H41F4N5O/c1-18(2)12-26(39)21-9-7-8-19(21)13-25-22(29(31,32)33)15-34-27(37-25)36-20-10-11-24(23(30)14-20)35-16-28(3,4)17-38(5)6/h10-11,14-15,18-19,21,35H,7-9,12-13,16-17H2,1-6H3,(H,34,36,37)/t19-,21-/m0/s1. The summed E-state index contributed by atoms with van der Waals surface area (Å²) in [6.07, 6.45) is -1.20. The summed E-state index contributed by atoms with van der Waals surface area (Å²) in [5, 5.41) is 5.98. The van der Waals surface area contributed by atoms with Gasteiger partial charge in [0.05, 0.1) is 16.9 Å². The molecule has 10 heteroatoms. The van der Waals surface area contributed by atoms with Crippen LogP contribution in [0.1, 0.15) is 64.6 Å². The second-order valence-corrected chi connectivity index (χ2v) is 12.2. The topological polar surface area (TPSA) is 70.2 Å². The second kappa shape index (κ2) is 12.6. The molecule has 0 bridgehead atoms. The molecular formula is C29H41F4N5O. The normalized spacial score (nSPS) is 18.2. The molecule has 1 fully saturated rings. The van der Waals surface area contributed by atoms with E-state index in [4.69, 9.17) is 0 Å². The molecule has 3 rings (SSSR count). The Bertz CT molecular complexity index is 1130. The highest BCUT2D eigenvalue weighted by atomic mass is 19.4. The minimum Gasteiger partial charge on any atom is -0.382 e. The van der Waals surface area contributed by atoms with E-state index in [2.05, 4.69) is 39.3 Å². The van der Waals surface area contributed by atoms with Gasteiger partial charge in [0, 0.05) is 37.3 Å². The van der Waals surface area contributed by atoms with Crippen LogP contribution in [0.2, 0.25) is 0 Å². The molecule has 1 aromatic carbocycles. The number of nitrogens with one attached hydrogen (secondary N) is 2. The number of benzene rings is 1. The molecule has 1 aliphatic rings. The van der Waals surface area contributed by atoms with Crippen molar-refractivity contribution >= 4 is 23.1 Å². The van der Waals surface area contributed by atoms with Gasteiger partial charge in [-0.1, -0.05) is 34.1 Å². The fourth-order valence-electron chi connectivity index (χ4n) is 5.49. The van der Waals surface area contributed by atoms with Gasteiger partial charge >= 0.3 is 6.18 Å². The van der Waals surface area contributed by atoms with Crippen LogP contribution in [0.15, 0.2) is 24.4 Å². The lowest BCUT2D eigenvalue weighted by Gasteiger charge is -2.29. The van der Waals surface area contributed by atoms with Gasteiger partial charge in [0.25, 0.3) is 0 Å². The molecule has 0 amide bonds. The van der Waals surface area contributed by atoms with Crippen molar-refractivity contribution in [2.45, 2.75) is 66.0 Å². The van der Waals surface area contributed by atoms with E-state index in [1.807, 2.05) is 27.9 Å². The first-order valence-corrected chi connectivity index (χ1v) is 13.6. The summed E-state index contributed by atoms with van der Waals surface area (Å²) in [5.74, 6) is -0.677. The lowest BCUT2D eigenvalue weighted by Crippen LogP contribution is -2.34. The SMILES string of the molecule is CC(C)CC(=O)[C@H]1CCC[C@H]1Cc1nc(Nc2ccc(NCC(C)(C)CN(C)C)c(F)c2)ncc1C(F)(F)F. The lowest BCUT2D eigenvalue weighted by atomic mass is 9.84. The maximum Gasteiger partial charge on any atom is 0.419 e. The highest BCUT2D eigenvalue weighted by Crippen LogP contribution is 2.39. The van der Waals surface area contributed by atoms with Gasteiger partial charge in [-0.25, -0.2) is 14.4 Å². The molecule has 6 nitrogen and oxygen atoms in total. The molecule has 0 radical (unpaired) electrons. The molecule has 2 atom stereocenters. The summed E-state index contributed by atoms with van der Waals surface area (Å²) >= 11 is 0. The molecular weight excluding hydrogens is 510 g/mol. The van der Waals surface area contributed by atoms with Gasteiger partial charge in [0.1, 0.15) is 11.6 Å². The number of anilines is 3. The van der Waals surface area contributed by atoms with E-state index in [9.17, 15) is 22.4 Å². The number of aromatic nitrogens is 2. The lowest BCUT2D eigenvalue weighted by molar-refractivity contribution is -0.138. The van der Waals surface area contributed by atoms with E-state index in [1.165, 1.54) is 6.07 Å². The number of carbonyl (C=O) groups is 1. The summed E-state index contributed by atoms with van der Waals surface area (Å²) in [6, 6.07) is 4.47. The Morgan fingerprint density at radius 2 is 1.90 bits per heavy atom. The first-order valence-electron chi connectivity index (χ1n) is 13.6. The zero-order valence-electron chi connectivity index (χ0n) is 23.8. The molecule has 0 aliphatic heterocycles. The van der Waals surface area contributed by atoms with Crippen LogP contribution < -0.4 is 10.6 Å². The number of hydrogen-bond donors (Lipinski definition) is 2. The molecule has 0 spiro atoms. The van der Waals surface area contributed by atoms with Crippen LogP contribution in [0.4, 0.5) is 34.9 Å². The van der Waals surface area contributed by atoms with Gasteiger partial charge < -0.3 is 15.5 Å². The fraction of sp³-hybridized carbons (Fsp3) is 0.621. The van der Waals surface area contributed by atoms with Gasteiger partial charge in [-0.2, -0.15) is 13.2 Å². The van der Waals surface area contributed by atoms with Crippen LogP contribution in [0.5, 0.6) is 0 Å². The number of hydrogen-bond acceptors (Lipinski definition) is 6. The van der Waals surface area contributed by atoms with Crippen LogP contribution in [0.3, 0.4) is 0 Å². The number of carbonyl (C=O) groups excluding carboxylic acids is 1. The summed E-state index contributed by atoms with van der Waals surface area (Å²) in [7, 11) is 3.96. The average molecular weight is 552 g/mol. The van der Waals surface area contributed by atoms with Crippen LogP contribution in [0.25, 0.3) is 0 Å². The van der Waals surface area contributed by atoms with Crippen LogP contribution in [-0.2, 0) is 17.4 Å². The van der Waals surface area contributed by atoms with E-state index in [0.29, 0.717) is 37.2 Å². The summed E-state index contributed by atoms with van der Waals surface area (Å²) < 4.78 is 56.3. The Balaban J connectivity index is 1.77. The molecule has 1 heterocycles. The smallest absolute Gasteiger partial charge is 0.382 e. The Morgan fingerprint density at radius 1 is 1.18 bits per heavy atom. The third kappa shape index (κ3) is 8.88. The molecule has 1 aromatic heterocycles.